The number of halogens is 2. The lowest BCUT2D eigenvalue weighted by molar-refractivity contribution is 0.425. The smallest absolute Gasteiger partial charge is 0.258 e. The number of hydrogen-bond acceptors (Lipinski definition) is 8. The second-order valence-electron chi connectivity index (χ2n) is 6.30. The molecule has 0 saturated heterocycles. The summed E-state index contributed by atoms with van der Waals surface area (Å²) in [5.41, 5.74) is 2.52. The van der Waals surface area contributed by atoms with Crippen LogP contribution in [-0.4, -0.2) is 29.9 Å². The molecule has 7 nitrogen and oxygen atoms in total. The van der Waals surface area contributed by atoms with E-state index in [0.29, 0.717) is 38.5 Å². The number of thiophene rings is 1. The lowest BCUT2D eigenvalue weighted by Gasteiger charge is -2.10. The molecule has 4 heterocycles. The van der Waals surface area contributed by atoms with E-state index in [1.165, 1.54) is 11.8 Å². The molecule has 0 N–H and O–H groups in total. The van der Waals surface area contributed by atoms with Crippen LogP contribution in [0.2, 0.25) is 10.0 Å². The maximum Gasteiger partial charge on any atom is 0.258 e. The first kappa shape index (κ1) is 20.2. The summed E-state index contributed by atoms with van der Waals surface area (Å²) in [4.78, 5) is 8.65. The minimum Gasteiger partial charge on any atom is -0.334 e. The average molecular weight is 487 g/mol. The van der Waals surface area contributed by atoms with Crippen LogP contribution in [0.5, 0.6) is 0 Å². The molecule has 11 heteroatoms. The van der Waals surface area contributed by atoms with E-state index in [0.717, 1.165) is 16.8 Å². The van der Waals surface area contributed by atoms with Crippen LogP contribution in [0.4, 0.5) is 0 Å². The number of nitrogens with zero attached hydrogens (tertiary/aromatic N) is 6. The topological polar surface area (TPSA) is 82.5 Å². The van der Waals surface area contributed by atoms with E-state index >= 15 is 0 Å². The van der Waals surface area contributed by atoms with Gasteiger partial charge in [0.15, 0.2) is 16.8 Å². The second kappa shape index (κ2) is 8.80. The fourth-order valence-electron chi connectivity index (χ4n) is 2.85. The van der Waals surface area contributed by atoms with Crippen LogP contribution < -0.4 is 0 Å². The Morgan fingerprint density at radius 2 is 2.00 bits per heavy atom. The summed E-state index contributed by atoms with van der Waals surface area (Å²) in [5, 5.41) is 18.3. The molecule has 0 atom stereocenters. The Balaban J connectivity index is 1.48. The van der Waals surface area contributed by atoms with Gasteiger partial charge in [0.1, 0.15) is 0 Å². The van der Waals surface area contributed by atoms with Crippen LogP contribution >= 0.6 is 46.3 Å². The Morgan fingerprint density at radius 3 is 2.77 bits per heavy atom. The van der Waals surface area contributed by atoms with Gasteiger partial charge in [0.05, 0.1) is 27.0 Å². The van der Waals surface area contributed by atoms with Gasteiger partial charge < -0.3 is 4.52 Å². The van der Waals surface area contributed by atoms with E-state index in [1.807, 2.05) is 39.6 Å². The van der Waals surface area contributed by atoms with Gasteiger partial charge >= 0.3 is 0 Å². The normalized spacial score (nSPS) is 11.2. The molecule has 0 aliphatic carbocycles. The molecular weight excluding hydrogens is 475 g/mol. The van der Waals surface area contributed by atoms with E-state index in [9.17, 15) is 0 Å². The highest BCUT2D eigenvalue weighted by Crippen LogP contribution is 2.32. The maximum absolute atomic E-state index is 6.27. The van der Waals surface area contributed by atoms with Crippen LogP contribution in [0, 0.1) is 0 Å². The van der Waals surface area contributed by atoms with Crippen LogP contribution in [0.25, 0.3) is 28.5 Å². The Morgan fingerprint density at radius 1 is 1.06 bits per heavy atom. The molecule has 0 unspecified atom stereocenters. The van der Waals surface area contributed by atoms with Crippen molar-refractivity contribution in [1.82, 2.24) is 29.9 Å². The van der Waals surface area contributed by atoms with Crippen molar-refractivity contribution >= 4 is 46.3 Å². The monoisotopic (exact) mass is 486 g/mol. The van der Waals surface area contributed by atoms with Crippen LogP contribution in [0.3, 0.4) is 0 Å². The third kappa shape index (κ3) is 4.22. The highest BCUT2D eigenvalue weighted by molar-refractivity contribution is 7.98. The van der Waals surface area contributed by atoms with Crippen LogP contribution in [0.1, 0.15) is 5.82 Å². The van der Waals surface area contributed by atoms with E-state index in [4.69, 9.17) is 27.7 Å². The van der Waals surface area contributed by atoms with Crippen molar-refractivity contribution in [3.05, 3.63) is 75.4 Å². The van der Waals surface area contributed by atoms with E-state index in [1.54, 1.807) is 35.9 Å². The standard InChI is InChI=1S/C20H12Cl2N6OS2/c21-15-4-3-14(8-16(15)22)28-18(12-2-1-6-23-9-12)25-26-20(28)31-11-17-24-19(29-27-17)13-5-7-30-10-13/h1-10H,11H2. The molecule has 0 saturated carbocycles. The lowest BCUT2D eigenvalue weighted by atomic mass is 10.2. The maximum atomic E-state index is 6.27. The molecule has 0 bridgehead atoms. The minimum atomic E-state index is 0.444. The van der Waals surface area contributed by atoms with Crippen molar-refractivity contribution in [2.24, 2.45) is 0 Å². The second-order valence-corrected chi connectivity index (χ2v) is 8.84. The summed E-state index contributed by atoms with van der Waals surface area (Å²) < 4.78 is 7.27. The van der Waals surface area contributed by atoms with Crippen LogP contribution in [0.15, 0.2) is 69.2 Å². The zero-order valence-corrected chi connectivity index (χ0v) is 18.8. The largest absolute Gasteiger partial charge is 0.334 e. The Labute approximate surface area is 195 Å². The highest BCUT2D eigenvalue weighted by atomic mass is 35.5. The van der Waals surface area contributed by atoms with Gasteiger partial charge in [-0.25, -0.2) is 0 Å². The van der Waals surface area contributed by atoms with Crippen molar-refractivity contribution < 1.29 is 4.52 Å². The number of benzene rings is 1. The van der Waals surface area contributed by atoms with Crippen molar-refractivity contribution in [2.45, 2.75) is 10.9 Å². The molecular formula is C20H12Cl2N6OS2. The van der Waals surface area contributed by atoms with Crippen LogP contribution in [-0.2, 0) is 5.75 Å². The van der Waals surface area contributed by atoms with Gasteiger partial charge in [-0.1, -0.05) is 40.1 Å². The summed E-state index contributed by atoms with van der Waals surface area (Å²) >= 11 is 15.4. The number of pyridine rings is 1. The van der Waals surface area contributed by atoms with Gasteiger partial charge in [-0.05, 0) is 41.8 Å². The number of aromatic nitrogens is 6. The SMILES string of the molecule is Clc1ccc(-n2c(SCc3noc(-c4ccsc4)n3)nnc2-c2cccnc2)cc1Cl. The summed E-state index contributed by atoms with van der Waals surface area (Å²) in [6.07, 6.45) is 3.44. The molecule has 0 fully saturated rings. The average Bonchev–Trinajstić information content (AvgIpc) is 3.55. The summed E-state index contributed by atoms with van der Waals surface area (Å²) in [5.74, 6) is 2.16. The quantitative estimate of drug-likeness (QED) is 0.270. The molecule has 0 amide bonds. The predicted octanol–water partition coefficient (Wildman–Crippen LogP) is 6.04. The van der Waals surface area contributed by atoms with Gasteiger partial charge in [-0.3, -0.25) is 9.55 Å². The molecule has 1 aromatic carbocycles. The zero-order valence-electron chi connectivity index (χ0n) is 15.6. The van der Waals surface area contributed by atoms with Crippen molar-refractivity contribution in [3.63, 3.8) is 0 Å². The molecule has 0 aliphatic rings. The molecule has 31 heavy (non-hydrogen) atoms. The van der Waals surface area contributed by atoms with E-state index in [-0.39, 0.29) is 0 Å². The fraction of sp³-hybridized carbons (Fsp3) is 0.0500. The minimum absolute atomic E-state index is 0.444. The molecule has 0 spiro atoms. The number of hydrogen-bond donors (Lipinski definition) is 0. The Hall–Kier alpha value is -2.72. The molecule has 4 aromatic heterocycles. The van der Waals surface area contributed by atoms with Gasteiger partial charge in [-0.2, -0.15) is 16.3 Å². The highest BCUT2D eigenvalue weighted by Gasteiger charge is 2.18. The van der Waals surface area contributed by atoms with Gasteiger partial charge in [0.25, 0.3) is 5.89 Å². The first-order chi connectivity index (χ1) is 15.2. The van der Waals surface area contributed by atoms with E-state index in [2.05, 4.69) is 25.3 Å². The van der Waals surface area contributed by atoms with Crippen molar-refractivity contribution in [3.8, 4) is 28.5 Å². The summed E-state index contributed by atoms with van der Waals surface area (Å²) in [7, 11) is 0. The Bertz CT molecular complexity index is 1320. The molecule has 0 radical (unpaired) electrons. The molecule has 5 aromatic rings. The molecule has 154 valence electrons. The van der Waals surface area contributed by atoms with Gasteiger partial charge in [0, 0.05) is 23.3 Å². The number of thioether (sulfide) groups is 1. The first-order valence-electron chi connectivity index (χ1n) is 8.98. The lowest BCUT2D eigenvalue weighted by Crippen LogP contribution is -2.00. The van der Waals surface area contributed by atoms with Gasteiger partial charge in [0.2, 0.25) is 0 Å². The summed E-state index contributed by atoms with van der Waals surface area (Å²) in [6, 6.07) is 11.1. The third-order valence-electron chi connectivity index (χ3n) is 4.28. The van der Waals surface area contributed by atoms with Gasteiger partial charge in [-0.15, -0.1) is 10.2 Å². The van der Waals surface area contributed by atoms with E-state index < -0.39 is 0 Å². The first-order valence-corrected chi connectivity index (χ1v) is 11.7. The van der Waals surface area contributed by atoms with Crippen molar-refractivity contribution in [1.29, 1.82) is 0 Å². The zero-order chi connectivity index (χ0) is 21.2. The molecule has 5 rings (SSSR count). The fourth-order valence-corrected chi connectivity index (χ4v) is 4.56. The Kier molecular flexibility index (Phi) is 5.73. The summed E-state index contributed by atoms with van der Waals surface area (Å²) in [6.45, 7) is 0. The number of rotatable bonds is 6. The third-order valence-corrected chi connectivity index (χ3v) is 6.63. The molecule has 0 aliphatic heterocycles. The van der Waals surface area contributed by atoms with Crippen molar-refractivity contribution in [2.75, 3.05) is 0 Å². The predicted molar refractivity (Wildman–Crippen MR) is 122 cm³/mol.